The van der Waals surface area contributed by atoms with Crippen molar-refractivity contribution in [3.8, 4) is 11.5 Å². The fourth-order valence-corrected chi connectivity index (χ4v) is 3.22. The van der Waals surface area contributed by atoms with Crippen LogP contribution >= 0.6 is 0 Å². The van der Waals surface area contributed by atoms with E-state index in [0.717, 1.165) is 43.3 Å². The Bertz CT molecular complexity index is 479. The van der Waals surface area contributed by atoms with Gasteiger partial charge < -0.3 is 24.8 Å². The zero-order chi connectivity index (χ0) is 14.7. The Morgan fingerprint density at radius 3 is 3.10 bits per heavy atom. The van der Waals surface area contributed by atoms with Crippen LogP contribution in [0.25, 0.3) is 0 Å². The van der Waals surface area contributed by atoms with Crippen LogP contribution in [0.5, 0.6) is 11.5 Å². The molecule has 0 radical (unpaired) electrons. The molecule has 5 nitrogen and oxygen atoms in total. The van der Waals surface area contributed by atoms with Gasteiger partial charge in [-0.1, -0.05) is 6.07 Å². The van der Waals surface area contributed by atoms with Gasteiger partial charge in [-0.15, -0.1) is 0 Å². The highest BCUT2D eigenvalue weighted by Crippen LogP contribution is 2.34. The molecule has 116 valence electrons. The monoisotopic (exact) mass is 292 g/mol. The van der Waals surface area contributed by atoms with Crippen LogP contribution < -0.4 is 15.2 Å². The SMILES string of the molecule is COCC1CCCN(CC(N)c2ccc3c(c2)OCO3)C1. The summed E-state index contributed by atoms with van der Waals surface area (Å²) in [6.07, 6.45) is 2.48. The lowest BCUT2D eigenvalue weighted by atomic mass is 9.97. The zero-order valence-corrected chi connectivity index (χ0v) is 12.6. The summed E-state index contributed by atoms with van der Waals surface area (Å²) in [5.41, 5.74) is 7.47. The lowest BCUT2D eigenvalue weighted by Gasteiger charge is -2.34. The van der Waals surface area contributed by atoms with Crippen molar-refractivity contribution in [1.82, 2.24) is 4.90 Å². The number of hydrogen-bond acceptors (Lipinski definition) is 5. The Morgan fingerprint density at radius 2 is 2.24 bits per heavy atom. The van der Waals surface area contributed by atoms with Crippen LogP contribution in [-0.4, -0.2) is 45.0 Å². The van der Waals surface area contributed by atoms with E-state index in [1.807, 2.05) is 18.2 Å². The summed E-state index contributed by atoms with van der Waals surface area (Å²) in [7, 11) is 1.78. The molecule has 0 aliphatic carbocycles. The van der Waals surface area contributed by atoms with Crippen molar-refractivity contribution in [2.45, 2.75) is 18.9 Å². The molecule has 2 heterocycles. The van der Waals surface area contributed by atoms with E-state index in [4.69, 9.17) is 19.9 Å². The van der Waals surface area contributed by atoms with Crippen LogP contribution in [0, 0.1) is 5.92 Å². The second kappa shape index (κ2) is 6.64. The normalized spacial score (nSPS) is 23.2. The Kier molecular flexibility index (Phi) is 4.63. The molecule has 2 aliphatic heterocycles. The second-order valence-electron chi connectivity index (χ2n) is 5.94. The molecule has 2 unspecified atom stereocenters. The first-order chi connectivity index (χ1) is 10.3. The first-order valence-electron chi connectivity index (χ1n) is 7.62. The molecule has 0 bridgehead atoms. The smallest absolute Gasteiger partial charge is 0.231 e. The van der Waals surface area contributed by atoms with Crippen LogP contribution in [0.15, 0.2) is 18.2 Å². The third-order valence-corrected chi connectivity index (χ3v) is 4.29. The van der Waals surface area contributed by atoms with Gasteiger partial charge in [-0.2, -0.15) is 0 Å². The number of ether oxygens (including phenoxy) is 3. The summed E-state index contributed by atoms with van der Waals surface area (Å²) in [6, 6.07) is 5.99. The Hall–Kier alpha value is -1.30. The van der Waals surface area contributed by atoms with Crippen molar-refractivity contribution in [1.29, 1.82) is 0 Å². The quantitative estimate of drug-likeness (QED) is 0.896. The van der Waals surface area contributed by atoms with Crippen molar-refractivity contribution >= 4 is 0 Å². The molecule has 1 saturated heterocycles. The van der Waals surface area contributed by atoms with Gasteiger partial charge in [0.15, 0.2) is 11.5 Å². The molecule has 3 rings (SSSR count). The van der Waals surface area contributed by atoms with E-state index < -0.39 is 0 Å². The van der Waals surface area contributed by atoms with Crippen molar-refractivity contribution in [2.24, 2.45) is 11.7 Å². The molecule has 0 saturated carbocycles. The van der Waals surface area contributed by atoms with Crippen LogP contribution in [0.1, 0.15) is 24.4 Å². The number of fused-ring (bicyclic) bond motifs is 1. The number of benzene rings is 1. The van der Waals surface area contributed by atoms with Crippen molar-refractivity contribution in [2.75, 3.05) is 40.1 Å². The lowest BCUT2D eigenvalue weighted by molar-refractivity contribution is 0.0878. The van der Waals surface area contributed by atoms with Gasteiger partial charge in [0.25, 0.3) is 0 Å². The summed E-state index contributed by atoms with van der Waals surface area (Å²) < 4.78 is 16.0. The van der Waals surface area contributed by atoms with Gasteiger partial charge in [0, 0.05) is 26.2 Å². The molecule has 0 aromatic heterocycles. The summed E-state index contributed by atoms with van der Waals surface area (Å²) in [6.45, 7) is 4.22. The molecule has 2 aliphatic rings. The van der Waals surface area contributed by atoms with Gasteiger partial charge >= 0.3 is 0 Å². The predicted octanol–water partition coefficient (Wildman–Crippen LogP) is 1.77. The molecule has 0 spiro atoms. The molecule has 2 N–H and O–H groups in total. The second-order valence-corrected chi connectivity index (χ2v) is 5.94. The van der Waals surface area contributed by atoms with E-state index >= 15 is 0 Å². The summed E-state index contributed by atoms with van der Waals surface area (Å²) >= 11 is 0. The van der Waals surface area contributed by atoms with E-state index in [-0.39, 0.29) is 6.04 Å². The lowest BCUT2D eigenvalue weighted by Crippen LogP contribution is -2.40. The number of piperidine rings is 1. The standard InChI is InChI=1S/C16H24N2O3/c1-19-10-12-3-2-6-18(8-12)9-14(17)13-4-5-15-16(7-13)21-11-20-15/h4-5,7,12,14H,2-3,6,8-11,17H2,1H3. The highest BCUT2D eigenvalue weighted by molar-refractivity contribution is 5.45. The molecule has 1 aromatic carbocycles. The summed E-state index contributed by atoms with van der Waals surface area (Å²) in [5.74, 6) is 2.25. The summed E-state index contributed by atoms with van der Waals surface area (Å²) in [4.78, 5) is 2.45. The number of rotatable bonds is 5. The Balaban J connectivity index is 1.59. The highest BCUT2D eigenvalue weighted by Gasteiger charge is 2.22. The van der Waals surface area contributed by atoms with E-state index in [2.05, 4.69) is 4.90 Å². The third kappa shape index (κ3) is 3.48. The number of methoxy groups -OCH3 is 1. The van der Waals surface area contributed by atoms with E-state index in [1.54, 1.807) is 7.11 Å². The van der Waals surface area contributed by atoms with Gasteiger partial charge in [-0.05, 0) is 43.0 Å². The van der Waals surface area contributed by atoms with Crippen LogP contribution in [0.3, 0.4) is 0 Å². The zero-order valence-electron chi connectivity index (χ0n) is 12.6. The summed E-state index contributed by atoms with van der Waals surface area (Å²) in [5, 5.41) is 0. The van der Waals surface area contributed by atoms with Crippen molar-refractivity contribution in [3.63, 3.8) is 0 Å². The molecule has 2 atom stereocenters. The third-order valence-electron chi connectivity index (χ3n) is 4.29. The minimum absolute atomic E-state index is 0.000736. The van der Waals surface area contributed by atoms with Gasteiger partial charge in [0.2, 0.25) is 6.79 Å². The Labute approximate surface area is 126 Å². The van der Waals surface area contributed by atoms with E-state index in [0.29, 0.717) is 12.7 Å². The fourth-order valence-electron chi connectivity index (χ4n) is 3.22. The number of likely N-dealkylation sites (tertiary alicyclic amines) is 1. The van der Waals surface area contributed by atoms with Gasteiger partial charge in [-0.25, -0.2) is 0 Å². The predicted molar refractivity (Wildman–Crippen MR) is 80.5 cm³/mol. The maximum Gasteiger partial charge on any atom is 0.231 e. The maximum absolute atomic E-state index is 6.37. The molecule has 0 amide bonds. The molecule has 21 heavy (non-hydrogen) atoms. The van der Waals surface area contributed by atoms with Crippen molar-refractivity contribution in [3.05, 3.63) is 23.8 Å². The first kappa shape index (κ1) is 14.6. The fraction of sp³-hybridized carbons (Fsp3) is 0.625. The minimum Gasteiger partial charge on any atom is -0.454 e. The highest BCUT2D eigenvalue weighted by atomic mass is 16.7. The topological polar surface area (TPSA) is 57.0 Å². The van der Waals surface area contributed by atoms with Gasteiger partial charge in [-0.3, -0.25) is 0 Å². The number of hydrogen-bond donors (Lipinski definition) is 1. The van der Waals surface area contributed by atoms with Gasteiger partial charge in [0.1, 0.15) is 0 Å². The van der Waals surface area contributed by atoms with Crippen LogP contribution in [-0.2, 0) is 4.74 Å². The molecule has 1 aromatic rings. The van der Waals surface area contributed by atoms with Crippen molar-refractivity contribution < 1.29 is 14.2 Å². The number of nitrogens with two attached hydrogens (primary N) is 1. The first-order valence-corrected chi connectivity index (χ1v) is 7.62. The van der Waals surface area contributed by atoms with Gasteiger partial charge in [0.05, 0.1) is 6.61 Å². The molecular weight excluding hydrogens is 268 g/mol. The van der Waals surface area contributed by atoms with E-state index in [9.17, 15) is 0 Å². The Morgan fingerprint density at radius 1 is 1.38 bits per heavy atom. The average Bonchev–Trinajstić information content (AvgIpc) is 2.95. The van der Waals surface area contributed by atoms with Crippen LogP contribution in [0.2, 0.25) is 0 Å². The molecule has 5 heteroatoms. The molecular formula is C16H24N2O3. The average molecular weight is 292 g/mol. The van der Waals surface area contributed by atoms with Crippen LogP contribution in [0.4, 0.5) is 0 Å². The van der Waals surface area contributed by atoms with E-state index in [1.165, 1.54) is 12.8 Å². The molecule has 1 fully saturated rings. The minimum atomic E-state index is 0.000736. The largest absolute Gasteiger partial charge is 0.454 e. The maximum atomic E-state index is 6.37. The number of nitrogens with zero attached hydrogens (tertiary/aromatic N) is 1.